The van der Waals surface area contributed by atoms with Gasteiger partial charge < -0.3 is 14.8 Å². The van der Waals surface area contributed by atoms with Gasteiger partial charge in [-0.25, -0.2) is 4.79 Å². The number of ether oxygens (including phenoxy) is 2. The number of carbonyl (C=O) groups excluding carboxylic acids is 1. The molecule has 1 aliphatic rings. The van der Waals surface area contributed by atoms with Gasteiger partial charge in [0.1, 0.15) is 12.4 Å². The van der Waals surface area contributed by atoms with Crippen LogP contribution in [-0.2, 0) is 25.5 Å². The van der Waals surface area contributed by atoms with E-state index in [9.17, 15) is 14.4 Å². The molecule has 160 valence electrons. The quantitative estimate of drug-likeness (QED) is 0.682. The third kappa shape index (κ3) is 3.72. The van der Waals surface area contributed by atoms with Crippen molar-refractivity contribution < 1.29 is 14.3 Å². The fraction of sp³-hybridized carbons (Fsp3) is 0.261. The van der Waals surface area contributed by atoms with Gasteiger partial charge in [0, 0.05) is 26.4 Å². The zero-order valence-electron chi connectivity index (χ0n) is 17.5. The number of fused-ring (bicyclic) bond motifs is 1. The van der Waals surface area contributed by atoms with E-state index in [0.29, 0.717) is 23.7 Å². The van der Waals surface area contributed by atoms with Crippen LogP contribution in [0.1, 0.15) is 29.0 Å². The molecule has 31 heavy (non-hydrogen) atoms. The Labute approximate surface area is 178 Å². The number of rotatable bonds is 5. The van der Waals surface area contributed by atoms with Crippen molar-refractivity contribution in [3.8, 4) is 11.5 Å². The molecule has 0 bridgehead atoms. The predicted octanol–water partition coefficient (Wildman–Crippen LogP) is 2.15. The maximum Gasteiger partial charge on any atom is 0.332 e. The summed E-state index contributed by atoms with van der Waals surface area (Å²) in [6, 6.07) is 15.1. The van der Waals surface area contributed by atoms with Crippen molar-refractivity contribution in [2.24, 2.45) is 14.1 Å². The topological polar surface area (TPSA) is 91.6 Å². The Morgan fingerprint density at radius 1 is 1.00 bits per heavy atom. The molecule has 1 atom stereocenters. The molecule has 0 aliphatic carbocycles. The molecule has 2 aromatic carbocycles. The van der Waals surface area contributed by atoms with Gasteiger partial charge in [-0.05, 0) is 23.3 Å². The highest BCUT2D eigenvalue weighted by Crippen LogP contribution is 2.38. The monoisotopic (exact) mass is 421 g/mol. The molecule has 0 saturated carbocycles. The number of benzene rings is 2. The normalized spacial score (nSPS) is 15.2. The minimum absolute atomic E-state index is 0.0911. The van der Waals surface area contributed by atoms with Crippen molar-refractivity contribution in [2.75, 3.05) is 12.4 Å². The minimum Gasteiger partial charge on any atom is -0.493 e. The molecule has 8 heteroatoms. The average molecular weight is 421 g/mol. The van der Waals surface area contributed by atoms with Crippen molar-refractivity contribution in [3.05, 3.63) is 86.1 Å². The van der Waals surface area contributed by atoms with Gasteiger partial charge >= 0.3 is 5.69 Å². The summed E-state index contributed by atoms with van der Waals surface area (Å²) in [4.78, 5) is 37.5. The summed E-state index contributed by atoms with van der Waals surface area (Å²) in [7, 11) is 4.50. The first-order chi connectivity index (χ1) is 14.9. The molecule has 8 nitrogen and oxygen atoms in total. The van der Waals surface area contributed by atoms with E-state index < -0.39 is 17.2 Å². The second-order valence-corrected chi connectivity index (χ2v) is 7.46. The zero-order valence-corrected chi connectivity index (χ0v) is 17.5. The number of amides is 1. The predicted molar refractivity (Wildman–Crippen MR) is 116 cm³/mol. The molecule has 1 N–H and O–H groups in total. The summed E-state index contributed by atoms with van der Waals surface area (Å²) in [5, 5.41) is 2.67. The number of aromatic nitrogens is 2. The molecule has 0 saturated heterocycles. The van der Waals surface area contributed by atoms with Gasteiger partial charge in [0.2, 0.25) is 5.91 Å². The summed E-state index contributed by atoms with van der Waals surface area (Å²) in [5.41, 5.74) is 1.22. The van der Waals surface area contributed by atoms with E-state index in [1.165, 1.54) is 18.7 Å². The lowest BCUT2D eigenvalue weighted by atomic mass is 9.86. The average Bonchev–Trinajstić information content (AvgIpc) is 2.80. The lowest BCUT2D eigenvalue weighted by Crippen LogP contribution is -2.44. The van der Waals surface area contributed by atoms with E-state index in [1.807, 2.05) is 36.4 Å². The van der Waals surface area contributed by atoms with Gasteiger partial charge in [-0.2, -0.15) is 0 Å². The minimum atomic E-state index is -0.508. The molecule has 0 fully saturated rings. The molecule has 1 amide bonds. The van der Waals surface area contributed by atoms with E-state index in [1.54, 1.807) is 19.2 Å². The molecule has 3 aromatic rings. The highest BCUT2D eigenvalue weighted by Gasteiger charge is 2.32. The summed E-state index contributed by atoms with van der Waals surface area (Å²) >= 11 is 0. The van der Waals surface area contributed by atoms with Crippen molar-refractivity contribution >= 4 is 11.7 Å². The second kappa shape index (κ2) is 8.14. The van der Waals surface area contributed by atoms with Crippen LogP contribution in [-0.4, -0.2) is 22.2 Å². The first-order valence-corrected chi connectivity index (χ1v) is 9.85. The first kappa shape index (κ1) is 20.5. The second-order valence-electron chi connectivity index (χ2n) is 7.46. The number of hydrogen-bond donors (Lipinski definition) is 1. The van der Waals surface area contributed by atoms with Crippen LogP contribution in [0.5, 0.6) is 11.5 Å². The van der Waals surface area contributed by atoms with Crippen LogP contribution in [0.3, 0.4) is 0 Å². The van der Waals surface area contributed by atoms with Gasteiger partial charge in [-0.15, -0.1) is 0 Å². The standard InChI is InChI=1S/C23H23N3O5/c1-25-21-20(22(28)26(2)23(25)29)16(12-19(27)24-21)15-9-10-17(18(11-15)30-3)31-13-14-7-5-4-6-8-14/h4-11,16H,12-13H2,1-3H3,(H,24,27)/t16-/m0/s1. The number of carbonyl (C=O) groups is 1. The van der Waals surface area contributed by atoms with Gasteiger partial charge in [0.15, 0.2) is 11.5 Å². The Morgan fingerprint density at radius 2 is 1.74 bits per heavy atom. The van der Waals surface area contributed by atoms with Crippen LogP contribution in [0.25, 0.3) is 0 Å². The summed E-state index contributed by atoms with van der Waals surface area (Å²) in [6.45, 7) is 0.383. The van der Waals surface area contributed by atoms with E-state index in [2.05, 4.69) is 5.32 Å². The lowest BCUT2D eigenvalue weighted by molar-refractivity contribution is -0.116. The molecule has 0 radical (unpaired) electrons. The Hall–Kier alpha value is -3.81. The van der Waals surface area contributed by atoms with Crippen LogP contribution in [0.2, 0.25) is 0 Å². The van der Waals surface area contributed by atoms with Crippen molar-refractivity contribution in [3.63, 3.8) is 0 Å². The van der Waals surface area contributed by atoms with E-state index in [0.717, 1.165) is 15.7 Å². The van der Waals surface area contributed by atoms with Crippen molar-refractivity contribution in [1.82, 2.24) is 9.13 Å². The Morgan fingerprint density at radius 3 is 2.45 bits per heavy atom. The largest absolute Gasteiger partial charge is 0.493 e. The molecular weight excluding hydrogens is 398 g/mol. The highest BCUT2D eigenvalue weighted by atomic mass is 16.5. The van der Waals surface area contributed by atoms with Crippen LogP contribution in [0.4, 0.5) is 5.82 Å². The van der Waals surface area contributed by atoms with Gasteiger partial charge in [0.25, 0.3) is 5.56 Å². The number of anilines is 1. The maximum atomic E-state index is 12.9. The SMILES string of the molecule is COc1cc([C@@H]2CC(=O)Nc3c2c(=O)n(C)c(=O)n3C)ccc1OCc1ccccc1. The van der Waals surface area contributed by atoms with Crippen LogP contribution in [0.15, 0.2) is 58.1 Å². The summed E-state index contributed by atoms with van der Waals surface area (Å²) in [5.74, 6) is 0.528. The fourth-order valence-corrected chi connectivity index (χ4v) is 3.85. The van der Waals surface area contributed by atoms with E-state index in [-0.39, 0.29) is 18.1 Å². The number of nitrogens with one attached hydrogen (secondary N) is 1. The summed E-state index contributed by atoms with van der Waals surface area (Å²) < 4.78 is 13.8. The molecule has 0 spiro atoms. The number of methoxy groups -OCH3 is 1. The smallest absolute Gasteiger partial charge is 0.332 e. The molecule has 0 unspecified atom stereocenters. The highest BCUT2D eigenvalue weighted by molar-refractivity contribution is 5.94. The third-order valence-electron chi connectivity index (χ3n) is 5.52. The van der Waals surface area contributed by atoms with E-state index >= 15 is 0 Å². The Balaban J connectivity index is 1.73. The lowest BCUT2D eigenvalue weighted by Gasteiger charge is -2.27. The Bertz CT molecular complexity index is 1260. The number of hydrogen-bond acceptors (Lipinski definition) is 5. The zero-order chi connectivity index (χ0) is 22.1. The van der Waals surface area contributed by atoms with Gasteiger partial charge in [0.05, 0.1) is 12.7 Å². The molecule has 2 heterocycles. The Kier molecular flexibility index (Phi) is 5.37. The van der Waals surface area contributed by atoms with Crippen molar-refractivity contribution in [2.45, 2.75) is 18.9 Å². The molecule has 1 aromatic heterocycles. The fourth-order valence-electron chi connectivity index (χ4n) is 3.85. The molecular formula is C23H23N3O5. The van der Waals surface area contributed by atoms with Crippen LogP contribution < -0.4 is 26.0 Å². The molecule has 4 rings (SSSR count). The van der Waals surface area contributed by atoms with E-state index in [4.69, 9.17) is 9.47 Å². The van der Waals surface area contributed by atoms with Gasteiger partial charge in [-0.1, -0.05) is 36.4 Å². The van der Waals surface area contributed by atoms with Crippen LogP contribution >= 0.6 is 0 Å². The summed E-state index contributed by atoms with van der Waals surface area (Å²) in [6.07, 6.45) is 0.0911. The van der Waals surface area contributed by atoms with Crippen LogP contribution in [0, 0.1) is 0 Å². The number of nitrogens with zero attached hydrogens (tertiary/aromatic N) is 2. The third-order valence-corrected chi connectivity index (χ3v) is 5.52. The maximum absolute atomic E-state index is 12.9. The van der Waals surface area contributed by atoms with Crippen molar-refractivity contribution in [1.29, 1.82) is 0 Å². The van der Waals surface area contributed by atoms with Gasteiger partial charge in [-0.3, -0.25) is 18.7 Å². The molecule has 1 aliphatic heterocycles. The first-order valence-electron chi connectivity index (χ1n) is 9.85.